The maximum absolute atomic E-state index is 13.7. The number of ketones is 1. The molecule has 5 rings (SSSR count). The van der Waals surface area contributed by atoms with Crippen LogP contribution in [-0.4, -0.2) is 49.8 Å². The van der Waals surface area contributed by atoms with Crippen LogP contribution < -0.4 is 30.6 Å². The molecule has 4 unspecified atom stereocenters. The van der Waals surface area contributed by atoms with E-state index >= 15 is 0 Å². The topological polar surface area (TPSA) is 94.8 Å². The second kappa shape index (κ2) is 10.1. The highest BCUT2D eigenvalue weighted by Gasteiger charge is 2.37. The van der Waals surface area contributed by atoms with E-state index in [0.29, 0.717) is 46.7 Å². The number of nitrogens with two attached hydrogens (primary N) is 1. The predicted molar refractivity (Wildman–Crippen MR) is 138 cm³/mol. The van der Waals surface area contributed by atoms with Crippen molar-refractivity contribution in [2.24, 2.45) is 0 Å². The molecule has 2 aromatic rings. The van der Waals surface area contributed by atoms with Gasteiger partial charge in [0.25, 0.3) is 0 Å². The van der Waals surface area contributed by atoms with Crippen molar-refractivity contribution in [1.82, 2.24) is 10.6 Å². The van der Waals surface area contributed by atoms with Gasteiger partial charge in [-0.1, -0.05) is 19.1 Å². The van der Waals surface area contributed by atoms with E-state index in [9.17, 15) is 4.79 Å². The van der Waals surface area contributed by atoms with Crippen molar-refractivity contribution in [3.8, 4) is 28.4 Å². The summed E-state index contributed by atoms with van der Waals surface area (Å²) in [6.07, 6.45) is 5.17. The Morgan fingerprint density at radius 2 is 1.60 bits per heavy atom. The zero-order valence-electron chi connectivity index (χ0n) is 21.0. The third-order valence-electron chi connectivity index (χ3n) is 7.46. The summed E-state index contributed by atoms with van der Waals surface area (Å²) >= 11 is 0. The maximum atomic E-state index is 13.7. The van der Waals surface area contributed by atoms with Crippen LogP contribution in [0.1, 0.15) is 68.8 Å². The van der Waals surface area contributed by atoms with Gasteiger partial charge in [0.2, 0.25) is 0 Å². The number of carbonyl (C=O) groups excluding carboxylic acids is 1. The van der Waals surface area contributed by atoms with E-state index in [1.54, 1.807) is 0 Å². The molecule has 7 heteroatoms. The minimum absolute atomic E-state index is 0.0251. The van der Waals surface area contributed by atoms with Gasteiger partial charge in [0.1, 0.15) is 29.5 Å². The number of anilines is 1. The van der Waals surface area contributed by atoms with E-state index in [1.165, 1.54) is 0 Å². The predicted octanol–water partition coefficient (Wildman–Crippen LogP) is 4.31. The molecule has 2 heterocycles. The summed E-state index contributed by atoms with van der Waals surface area (Å²) in [6, 6.07) is 8.07. The van der Waals surface area contributed by atoms with Crippen molar-refractivity contribution in [3.63, 3.8) is 0 Å². The van der Waals surface area contributed by atoms with Gasteiger partial charge in [-0.3, -0.25) is 4.79 Å². The van der Waals surface area contributed by atoms with Crippen molar-refractivity contribution >= 4 is 11.5 Å². The first-order valence-electron chi connectivity index (χ1n) is 13.1. The maximum Gasteiger partial charge on any atom is 0.196 e. The van der Waals surface area contributed by atoms with Crippen molar-refractivity contribution in [3.05, 3.63) is 35.4 Å². The normalized spacial score (nSPS) is 22.5. The number of hydrogen-bond donors (Lipinski definition) is 3. The molecule has 0 spiro atoms. The SMILES string of the molecule is CCCOc1cc(OC(C)C2CCCN2)c(N)c2c1-c1c(OC(C)C3CCCN3)cccc1C2=O. The fourth-order valence-electron chi connectivity index (χ4n) is 5.56. The van der Waals surface area contributed by atoms with Gasteiger partial charge in [0.15, 0.2) is 5.78 Å². The Morgan fingerprint density at radius 1 is 0.943 bits per heavy atom. The fourth-order valence-corrected chi connectivity index (χ4v) is 5.56. The summed E-state index contributed by atoms with van der Waals surface area (Å²) in [5, 5.41) is 6.99. The van der Waals surface area contributed by atoms with Gasteiger partial charge in [-0.05, 0) is 65.1 Å². The van der Waals surface area contributed by atoms with Crippen LogP contribution in [0, 0.1) is 0 Å². The number of ether oxygens (including phenoxy) is 3. The lowest BCUT2D eigenvalue weighted by Gasteiger charge is -2.25. The molecule has 3 aliphatic rings. The van der Waals surface area contributed by atoms with Crippen molar-refractivity contribution in [2.45, 2.75) is 77.2 Å². The van der Waals surface area contributed by atoms with Gasteiger partial charge < -0.3 is 30.6 Å². The molecule has 0 amide bonds. The summed E-state index contributed by atoms with van der Waals surface area (Å²) in [4.78, 5) is 13.7. The minimum atomic E-state index is -0.108. The molecule has 2 aliphatic heterocycles. The largest absolute Gasteiger partial charge is 0.493 e. The Kier molecular flexibility index (Phi) is 6.89. The van der Waals surface area contributed by atoms with E-state index in [-0.39, 0.29) is 24.0 Å². The number of benzene rings is 2. The van der Waals surface area contributed by atoms with E-state index in [4.69, 9.17) is 19.9 Å². The van der Waals surface area contributed by atoms with Gasteiger partial charge >= 0.3 is 0 Å². The smallest absolute Gasteiger partial charge is 0.196 e. The van der Waals surface area contributed by atoms with E-state index < -0.39 is 0 Å². The highest BCUT2D eigenvalue weighted by Crippen LogP contribution is 2.52. The van der Waals surface area contributed by atoms with Gasteiger partial charge in [-0.25, -0.2) is 0 Å². The Balaban J connectivity index is 1.55. The minimum Gasteiger partial charge on any atom is -0.493 e. The van der Waals surface area contributed by atoms with Crippen LogP contribution in [0.3, 0.4) is 0 Å². The molecule has 2 aromatic carbocycles. The van der Waals surface area contributed by atoms with Crippen LogP contribution in [0.2, 0.25) is 0 Å². The number of nitrogen functional groups attached to an aromatic ring is 1. The third kappa shape index (κ3) is 4.47. The zero-order chi connectivity index (χ0) is 24.5. The first-order chi connectivity index (χ1) is 17.0. The third-order valence-corrected chi connectivity index (χ3v) is 7.46. The van der Waals surface area contributed by atoms with Crippen molar-refractivity contribution < 1.29 is 19.0 Å². The molecule has 1 aliphatic carbocycles. The van der Waals surface area contributed by atoms with Crippen LogP contribution in [0.25, 0.3) is 11.1 Å². The van der Waals surface area contributed by atoms with Gasteiger partial charge in [0, 0.05) is 34.8 Å². The number of nitrogens with one attached hydrogen (secondary N) is 2. The van der Waals surface area contributed by atoms with Gasteiger partial charge in [0.05, 0.1) is 17.9 Å². The molecule has 4 atom stereocenters. The molecule has 2 fully saturated rings. The summed E-state index contributed by atoms with van der Waals surface area (Å²) in [5.41, 5.74) is 9.54. The fraction of sp³-hybridized carbons (Fsp3) is 0.536. The average Bonchev–Trinajstić information content (AvgIpc) is 3.62. The molecule has 4 N–H and O–H groups in total. The van der Waals surface area contributed by atoms with E-state index in [2.05, 4.69) is 24.5 Å². The monoisotopic (exact) mass is 479 g/mol. The molecule has 7 nitrogen and oxygen atoms in total. The summed E-state index contributed by atoms with van der Waals surface area (Å²) < 4.78 is 19.0. The highest BCUT2D eigenvalue weighted by molar-refractivity contribution is 6.26. The van der Waals surface area contributed by atoms with E-state index in [0.717, 1.165) is 56.3 Å². The molecule has 0 saturated carbocycles. The molecule has 0 radical (unpaired) electrons. The Labute approximate surface area is 207 Å². The molecule has 188 valence electrons. The molecular weight excluding hydrogens is 442 g/mol. The molecule has 0 aromatic heterocycles. The van der Waals surface area contributed by atoms with Crippen LogP contribution in [0.15, 0.2) is 24.3 Å². The van der Waals surface area contributed by atoms with Crippen LogP contribution in [0.4, 0.5) is 5.69 Å². The zero-order valence-corrected chi connectivity index (χ0v) is 21.0. The lowest BCUT2D eigenvalue weighted by molar-refractivity contribution is 0.104. The van der Waals surface area contributed by atoms with Gasteiger partial charge in [-0.2, -0.15) is 0 Å². The number of rotatable bonds is 9. The average molecular weight is 480 g/mol. The molecular formula is C28H37N3O4. The van der Waals surface area contributed by atoms with Crippen LogP contribution in [-0.2, 0) is 0 Å². The summed E-state index contributed by atoms with van der Waals surface area (Å²) in [5.74, 6) is 1.70. The first-order valence-corrected chi connectivity index (χ1v) is 13.1. The Hall–Kier alpha value is -2.77. The van der Waals surface area contributed by atoms with Gasteiger partial charge in [-0.15, -0.1) is 0 Å². The standard InChI is InChI=1S/C28H37N3O4/c1-4-14-33-22-15-23(35-17(3)20-10-7-13-31-20)27(29)26-25(22)24-18(28(26)32)8-5-11-21(24)34-16(2)19-9-6-12-30-19/h5,8,11,15-17,19-20,30-31H,4,6-7,9-10,12-14,29H2,1-3H3. The molecule has 2 saturated heterocycles. The lowest BCUT2D eigenvalue weighted by atomic mass is 10.0. The van der Waals surface area contributed by atoms with Crippen molar-refractivity contribution in [1.29, 1.82) is 0 Å². The number of hydrogen-bond acceptors (Lipinski definition) is 7. The van der Waals surface area contributed by atoms with Crippen LogP contribution in [0.5, 0.6) is 17.2 Å². The number of carbonyl (C=O) groups is 1. The highest BCUT2D eigenvalue weighted by atomic mass is 16.5. The summed E-state index contributed by atoms with van der Waals surface area (Å²) in [6.45, 7) is 8.72. The Morgan fingerprint density at radius 3 is 2.20 bits per heavy atom. The Bertz CT molecular complexity index is 1090. The lowest BCUT2D eigenvalue weighted by Crippen LogP contribution is -2.36. The number of fused-ring (bicyclic) bond motifs is 3. The van der Waals surface area contributed by atoms with Crippen molar-refractivity contribution in [2.75, 3.05) is 25.4 Å². The first kappa shape index (κ1) is 23.9. The second-order valence-electron chi connectivity index (χ2n) is 9.94. The summed E-state index contributed by atoms with van der Waals surface area (Å²) in [7, 11) is 0. The van der Waals surface area contributed by atoms with E-state index in [1.807, 2.05) is 31.2 Å². The quantitative estimate of drug-likeness (QED) is 0.394. The molecule has 0 bridgehead atoms. The van der Waals surface area contributed by atoms with Crippen LogP contribution >= 0.6 is 0 Å². The second-order valence-corrected chi connectivity index (χ2v) is 9.94. The molecule has 35 heavy (non-hydrogen) atoms.